The fraction of sp³-hybridized carbons (Fsp3) is 0.381. The molecule has 1 N–H and O–H groups in total. The van der Waals surface area contributed by atoms with Crippen LogP contribution in [0.3, 0.4) is 0 Å². The Morgan fingerprint density at radius 2 is 1.75 bits per heavy atom. The Kier molecular flexibility index (Phi) is 6.05. The molecule has 1 amide bonds. The Hall–Kier alpha value is -2.38. The zero-order valence-corrected chi connectivity index (χ0v) is 17.4. The van der Waals surface area contributed by atoms with Crippen molar-refractivity contribution in [3.05, 3.63) is 53.6 Å². The van der Waals surface area contributed by atoms with Gasteiger partial charge in [0, 0.05) is 44.1 Å². The molecule has 0 aliphatic carbocycles. The van der Waals surface area contributed by atoms with E-state index in [2.05, 4.69) is 5.32 Å². The molecule has 0 atom stereocenters. The minimum Gasteiger partial charge on any atom is -0.378 e. The maximum atomic E-state index is 12.9. The fourth-order valence-corrected chi connectivity index (χ4v) is 4.81. The second kappa shape index (κ2) is 8.32. The lowest BCUT2D eigenvalue weighted by molar-refractivity contribution is 0.102. The van der Waals surface area contributed by atoms with Gasteiger partial charge in [-0.15, -0.1) is 0 Å². The molecule has 28 heavy (non-hydrogen) atoms. The Morgan fingerprint density at radius 3 is 2.43 bits per heavy atom. The predicted molar refractivity (Wildman–Crippen MR) is 113 cm³/mol. The van der Waals surface area contributed by atoms with Gasteiger partial charge in [-0.1, -0.05) is 18.6 Å². The largest absolute Gasteiger partial charge is 0.378 e. The first-order chi connectivity index (χ1) is 13.3. The molecule has 150 valence electrons. The summed E-state index contributed by atoms with van der Waals surface area (Å²) < 4.78 is 27.4. The first kappa shape index (κ1) is 20.4. The SMILES string of the molecule is Cc1ccc(S(=O)(=O)N2CCCCC2)cc1NC(=O)c1cccc(N(C)C)c1. The third kappa shape index (κ3) is 4.36. The zero-order chi connectivity index (χ0) is 20.3. The monoisotopic (exact) mass is 401 g/mol. The number of carbonyl (C=O) groups is 1. The van der Waals surface area contributed by atoms with Crippen LogP contribution in [0, 0.1) is 6.92 Å². The smallest absolute Gasteiger partial charge is 0.255 e. The summed E-state index contributed by atoms with van der Waals surface area (Å²) in [7, 11) is 0.281. The van der Waals surface area contributed by atoms with E-state index in [0.717, 1.165) is 30.5 Å². The lowest BCUT2D eigenvalue weighted by atomic mass is 10.1. The summed E-state index contributed by atoms with van der Waals surface area (Å²) >= 11 is 0. The summed E-state index contributed by atoms with van der Waals surface area (Å²) in [6.45, 7) is 2.95. The van der Waals surface area contributed by atoms with Crippen molar-refractivity contribution in [1.82, 2.24) is 4.31 Å². The van der Waals surface area contributed by atoms with Crippen LogP contribution in [0.15, 0.2) is 47.4 Å². The molecule has 2 aromatic carbocycles. The molecule has 1 saturated heterocycles. The molecule has 7 heteroatoms. The normalized spacial score (nSPS) is 15.2. The van der Waals surface area contributed by atoms with Crippen LogP contribution >= 0.6 is 0 Å². The molecule has 0 radical (unpaired) electrons. The number of amides is 1. The zero-order valence-electron chi connectivity index (χ0n) is 16.6. The number of aryl methyl sites for hydroxylation is 1. The fourth-order valence-electron chi connectivity index (χ4n) is 3.27. The van der Waals surface area contributed by atoms with Crippen LogP contribution in [-0.4, -0.2) is 45.8 Å². The van der Waals surface area contributed by atoms with Crippen molar-refractivity contribution in [3.8, 4) is 0 Å². The molecule has 2 aromatic rings. The van der Waals surface area contributed by atoms with Gasteiger partial charge in [-0.25, -0.2) is 8.42 Å². The van der Waals surface area contributed by atoms with Gasteiger partial charge in [0.05, 0.1) is 4.90 Å². The molecule has 1 aliphatic rings. The number of hydrogen-bond acceptors (Lipinski definition) is 4. The number of piperidine rings is 1. The van der Waals surface area contributed by atoms with Crippen molar-refractivity contribution in [2.75, 3.05) is 37.4 Å². The predicted octanol–water partition coefficient (Wildman–Crippen LogP) is 3.49. The Bertz CT molecular complexity index is 965. The van der Waals surface area contributed by atoms with E-state index in [4.69, 9.17) is 0 Å². The Balaban J connectivity index is 1.86. The summed E-state index contributed by atoms with van der Waals surface area (Å²) in [5.74, 6) is -0.265. The number of sulfonamides is 1. The van der Waals surface area contributed by atoms with Crippen LogP contribution < -0.4 is 10.2 Å². The van der Waals surface area contributed by atoms with E-state index in [1.54, 1.807) is 30.3 Å². The third-order valence-corrected chi connectivity index (χ3v) is 6.93. The van der Waals surface area contributed by atoms with E-state index in [0.29, 0.717) is 24.3 Å². The molecule has 0 aromatic heterocycles. The molecule has 1 heterocycles. The first-order valence-electron chi connectivity index (χ1n) is 9.48. The van der Waals surface area contributed by atoms with Gasteiger partial charge >= 0.3 is 0 Å². The van der Waals surface area contributed by atoms with Gasteiger partial charge < -0.3 is 10.2 Å². The minimum atomic E-state index is -3.54. The van der Waals surface area contributed by atoms with Crippen LogP contribution in [-0.2, 0) is 10.0 Å². The van der Waals surface area contributed by atoms with Crippen molar-refractivity contribution in [2.45, 2.75) is 31.1 Å². The van der Waals surface area contributed by atoms with Crippen molar-refractivity contribution in [3.63, 3.8) is 0 Å². The molecule has 3 rings (SSSR count). The van der Waals surface area contributed by atoms with Gasteiger partial charge in [0.2, 0.25) is 10.0 Å². The van der Waals surface area contributed by atoms with E-state index < -0.39 is 10.0 Å². The standard InChI is InChI=1S/C21H27N3O3S/c1-16-10-11-19(28(26,27)24-12-5-4-6-13-24)15-20(16)22-21(25)17-8-7-9-18(14-17)23(2)3/h7-11,14-15H,4-6,12-13H2,1-3H3,(H,22,25). The maximum absolute atomic E-state index is 12.9. The first-order valence-corrected chi connectivity index (χ1v) is 10.9. The number of nitrogens with zero attached hydrogens (tertiary/aromatic N) is 2. The highest BCUT2D eigenvalue weighted by Crippen LogP contribution is 2.26. The average Bonchev–Trinajstić information content (AvgIpc) is 2.70. The van der Waals surface area contributed by atoms with E-state index >= 15 is 0 Å². The van der Waals surface area contributed by atoms with Crippen LogP contribution in [0.5, 0.6) is 0 Å². The van der Waals surface area contributed by atoms with Crippen molar-refractivity contribution >= 4 is 27.3 Å². The average molecular weight is 402 g/mol. The van der Waals surface area contributed by atoms with Gasteiger partial charge in [0.1, 0.15) is 0 Å². The number of benzene rings is 2. The summed E-state index contributed by atoms with van der Waals surface area (Å²) in [5.41, 5.74) is 2.77. The van der Waals surface area contributed by atoms with Gasteiger partial charge in [-0.3, -0.25) is 4.79 Å². The van der Waals surface area contributed by atoms with Crippen molar-refractivity contribution < 1.29 is 13.2 Å². The number of anilines is 2. The molecule has 0 spiro atoms. The highest BCUT2D eigenvalue weighted by molar-refractivity contribution is 7.89. The molecular weight excluding hydrogens is 374 g/mol. The van der Waals surface area contributed by atoms with Gasteiger partial charge in [-0.05, 0) is 55.7 Å². The lowest BCUT2D eigenvalue weighted by Gasteiger charge is -2.26. The Morgan fingerprint density at radius 1 is 1.04 bits per heavy atom. The van der Waals surface area contributed by atoms with Gasteiger partial charge in [0.15, 0.2) is 0 Å². The summed E-state index contributed by atoms with van der Waals surface area (Å²) in [5, 5.41) is 2.87. The van der Waals surface area contributed by atoms with Crippen LogP contribution in [0.25, 0.3) is 0 Å². The minimum absolute atomic E-state index is 0.220. The number of nitrogens with one attached hydrogen (secondary N) is 1. The van der Waals surface area contributed by atoms with E-state index in [9.17, 15) is 13.2 Å². The molecule has 0 bridgehead atoms. The van der Waals surface area contributed by atoms with Gasteiger partial charge in [0.25, 0.3) is 5.91 Å². The second-order valence-electron chi connectivity index (χ2n) is 7.34. The quantitative estimate of drug-likeness (QED) is 0.833. The summed E-state index contributed by atoms with van der Waals surface area (Å²) in [6, 6.07) is 12.2. The van der Waals surface area contributed by atoms with E-state index in [1.165, 1.54) is 4.31 Å². The number of rotatable bonds is 5. The topological polar surface area (TPSA) is 69.7 Å². The Labute approximate surface area is 167 Å². The number of hydrogen-bond donors (Lipinski definition) is 1. The van der Waals surface area contributed by atoms with Crippen molar-refractivity contribution in [1.29, 1.82) is 0 Å². The summed E-state index contributed by atoms with van der Waals surface area (Å²) in [4.78, 5) is 14.9. The van der Waals surface area contributed by atoms with Crippen LogP contribution in [0.2, 0.25) is 0 Å². The number of carbonyl (C=O) groups excluding carboxylic acids is 1. The molecular formula is C21H27N3O3S. The second-order valence-corrected chi connectivity index (χ2v) is 9.28. The highest BCUT2D eigenvalue weighted by atomic mass is 32.2. The van der Waals surface area contributed by atoms with Crippen molar-refractivity contribution in [2.24, 2.45) is 0 Å². The van der Waals surface area contributed by atoms with Crippen LogP contribution in [0.1, 0.15) is 35.2 Å². The molecule has 6 nitrogen and oxygen atoms in total. The molecule has 0 saturated carbocycles. The maximum Gasteiger partial charge on any atom is 0.255 e. The molecule has 0 unspecified atom stereocenters. The molecule has 1 fully saturated rings. The third-order valence-electron chi connectivity index (χ3n) is 5.03. The van der Waals surface area contributed by atoms with E-state index in [-0.39, 0.29) is 10.8 Å². The molecule has 1 aliphatic heterocycles. The van der Waals surface area contributed by atoms with Gasteiger partial charge in [-0.2, -0.15) is 4.31 Å². The van der Waals surface area contributed by atoms with E-state index in [1.807, 2.05) is 38.1 Å². The van der Waals surface area contributed by atoms with Crippen LogP contribution in [0.4, 0.5) is 11.4 Å². The lowest BCUT2D eigenvalue weighted by Crippen LogP contribution is -2.35. The summed E-state index contributed by atoms with van der Waals surface area (Å²) in [6.07, 6.45) is 2.83. The highest BCUT2D eigenvalue weighted by Gasteiger charge is 2.26.